The molecule has 136 valence electrons. The standard InChI is InChI=1S/C27H23N/c1-26(2)18-10-3-5-12-20(18)27(21-13-6-4-11-19(21)26)22-14-7-8-16-24(22)28-25-17-9-15-23(25)27/h3-14,16-17,28H,15H2,1-2H3. The molecule has 6 rings (SSSR count). The van der Waals surface area contributed by atoms with Gasteiger partial charge in [-0.1, -0.05) is 86.7 Å². The van der Waals surface area contributed by atoms with Crippen LogP contribution in [-0.2, 0) is 10.8 Å². The zero-order valence-corrected chi connectivity index (χ0v) is 16.3. The second-order valence-electron chi connectivity index (χ2n) is 8.64. The highest BCUT2D eigenvalue weighted by Gasteiger charge is 2.52. The monoisotopic (exact) mass is 361 g/mol. The maximum atomic E-state index is 3.71. The molecule has 0 saturated heterocycles. The van der Waals surface area contributed by atoms with Crippen LogP contribution in [0, 0.1) is 0 Å². The molecule has 0 fully saturated rings. The van der Waals surface area contributed by atoms with E-state index in [1.807, 2.05) is 0 Å². The fraction of sp³-hybridized carbons (Fsp3) is 0.185. The quantitative estimate of drug-likeness (QED) is 0.495. The number of hydrogen-bond donors (Lipinski definition) is 1. The molecule has 1 nitrogen and oxygen atoms in total. The summed E-state index contributed by atoms with van der Waals surface area (Å²) >= 11 is 0. The van der Waals surface area contributed by atoms with E-state index in [1.165, 1.54) is 44.8 Å². The molecule has 1 heterocycles. The Hall–Kier alpha value is -3.06. The average Bonchev–Trinajstić information content (AvgIpc) is 3.20. The lowest BCUT2D eigenvalue weighted by Gasteiger charge is -2.50. The second kappa shape index (κ2) is 5.26. The summed E-state index contributed by atoms with van der Waals surface area (Å²) in [6.07, 6.45) is 5.55. The van der Waals surface area contributed by atoms with Gasteiger partial charge in [0.1, 0.15) is 0 Å². The van der Waals surface area contributed by atoms with Gasteiger partial charge in [-0.15, -0.1) is 0 Å². The van der Waals surface area contributed by atoms with Gasteiger partial charge in [0.05, 0.1) is 5.41 Å². The molecule has 2 aliphatic carbocycles. The Labute approximate surface area is 166 Å². The van der Waals surface area contributed by atoms with Crippen LogP contribution in [0.3, 0.4) is 0 Å². The van der Waals surface area contributed by atoms with E-state index in [2.05, 4.69) is 104 Å². The van der Waals surface area contributed by atoms with Gasteiger partial charge in [-0.2, -0.15) is 0 Å². The number of fused-ring (bicyclic) bond motifs is 7. The SMILES string of the molecule is CC1(C)c2ccccc2C2(C3=C(C=CC3)Nc3ccccc32)c2ccccc21. The maximum Gasteiger partial charge on any atom is 0.0713 e. The van der Waals surface area contributed by atoms with E-state index in [1.54, 1.807) is 0 Å². The second-order valence-corrected chi connectivity index (χ2v) is 8.64. The van der Waals surface area contributed by atoms with Crippen LogP contribution >= 0.6 is 0 Å². The summed E-state index contributed by atoms with van der Waals surface area (Å²) in [6, 6.07) is 27.0. The van der Waals surface area contributed by atoms with Crippen molar-refractivity contribution in [3.63, 3.8) is 0 Å². The van der Waals surface area contributed by atoms with Crippen molar-refractivity contribution < 1.29 is 0 Å². The summed E-state index contributed by atoms with van der Waals surface area (Å²) in [5, 5.41) is 3.71. The lowest BCUT2D eigenvalue weighted by Crippen LogP contribution is -2.44. The van der Waals surface area contributed by atoms with Gasteiger partial charge >= 0.3 is 0 Å². The molecule has 3 aromatic carbocycles. The molecule has 0 unspecified atom stereocenters. The van der Waals surface area contributed by atoms with Gasteiger partial charge in [0.2, 0.25) is 0 Å². The molecular formula is C27H23N. The molecule has 3 aromatic rings. The van der Waals surface area contributed by atoms with Gasteiger partial charge < -0.3 is 5.32 Å². The summed E-state index contributed by atoms with van der Waals surface area (Å²) in [5.74, 6) is 0. The van der Waals surface area contributed by atoms with E-state index in [9.17, 15) is 0 Å². The maximum absolute atomic E-state index is 3.71. The summed E-state index contributed by atoms with van der Waals surface area (Å²) in [7, 11) is 0. The summed E-state index contributed by atoms with van der Waals surface area (Å²) in [4.78, 5) is 0. The Morgan fingerprint density at radius 2 is 1.21 bits per heavy atom. The minimum absolute atomic E-state index is 0.0228. The normalized spacial score (nSPS) is 19.5. The van der Waals surface area contributed by atoms with Crippen molar-refractivity contribution in [3.8, 4) is 0 Å². The van der Waals surface area contributed by atoms with Gasteiger partial charge in [0.25, 0.3) is 0 Å². The molecule has 1 heteroatoms. The number of allylic oxidation sites excluding steroid dienone is 3. The molecule has 0 aromatic heterocycles. The number of para-hydroxylation sites is 1. The summed E-state index contributed by atoms with van der Waals surface area (Å²) < 4.78 is 0. The van der Waals surface area contributed by atoms with E-state index < -0.39 is 0 Å². The third-order valence-corrected chi connectivity index (χ3v) is 6.99. The predicted octanol–water partition coefficient (Wildman–Crippen LogP) is 6.30. The smallest absolute Gasteiger partial charge is 0.0713 e. The molecule has 1 spiro atoms. The lowest BCUT2D eigenvalue weighted by molar-refractivity contribution is 0.548. The first-order valence-corrected chi connectivity index (χ1v) is 10.1. The molecule has 0 atom stereocenters. The van der Waals surface area contributed by atoms with Crippen molar-refractivity contribution in [2.75, 3.05) is 5.32 Å². The van der Waals surface area contributed by atoms with Crippen LogP contribution < -0.4 is 5.32 Å². The van der Waals surface area contributed by atoms with Crippen molar-refractivity contribution in [1.29, 1.82) is 0 Å². The van der Waals surface area contributed by atoms with Crippen LogP contribution in [0.25, 0.3) is 0 Å². The molecule has 1 N–H and O–H groups in total. The van der Waals surface area contributed by atoms with Crippen molar-refractivity contribution in [2.45, 2.75) is 31.1 Å². The van der Waals surface area contributed by atoms with Crippen molar-refractivity contribution >= 4 is 5.69 Å². The Morgan fingerprint density at radius 3 is 1.86 bits per heavy atom. The van der Waals surface area contributed by atoms with E-state index in [4.69, 9.17) is 0 Å². The highest BCUT2D eigenvalue weighted by atomic mass is 14.9. The zero-order valence-electron chi connectivity index (χ0n) is 16.3. The molecule has 0 saturated carbocycles. The minimum Gasteiger partial charge on any atom is -0.355 e. The molecule has 0 radical (unpaired) electrons. The van der Waals surface area contributed by atoms with Crippen molar-refractivity contribution in [1.82, 2.24) is 0 Å². The molecule has 28 heavy (non-hydrogen) atoms. The van der Waals surface area contributed by atoms with Crippen LogP contribution in [0.1, 0.15) is 48.1 Å². The van der Waals surface area contributed by atoms with Crippen LogP contribution in [0.2, 0.25) is 0 Å². The van der Waals surface area contributed by atoms with E-state index in [0.29, 0.717) is 0 Å². The van der Waals surface area contributed by atoms with Crippen LogP contribution in [0.4, 0.5) is 5.69 Å². The van der Waals surface area contributed by atoms with Crippen LogP contribution in [-0.4, -0.2) is 0 Å². The molecule has 3 aliphatic rings. The van der Waals surface area contributed by atoms with Gasteiger partial charge in [-0.25, -0.2) is 0 Å². The van der Waals surface area contributed by atoms with Crippen LogP contribution in [0.5, 0.6) is 0 Å². The first kappa shape index (κ1) is 15.9. The fourth-order valence-corrected chi connectivity index (χ4v) is 5.82. The number of anilines is 1. The number of benzene rings is 3. The minimum atomic E-state index is -0.233. The Morgan fingerprint density at radius 1 is 0.679 bits per heavy atom. The summed E-state index contributed by atoms with van der Waals surface area (Å²) in [6.45, 7) is 4.74. The first-order chi connectivity index (χ1) is 13.6. The Kier molecular flexibility index (Phi) is 3.00. The summed E-state index contributed by atoms with van der Waals surface area (Å²) in [5.41, 5.74) is 10.8. The molecular weight excluding hydrogens is 338 g/mol. The highest BCUT2D eigenvalue weighted by Crippen LogP contribution is 2.60. The Bertz CT molecular complexity index is 1140. The van der Waals surface area contributed by atoms with Crippen molar-refractivity contribution in [3.05, 3.63) is 124 Å². The number of hydrogen-bond acceptors (Lipinski definition) is 1. The van der Waals surface area contributed by atoms with Crippen LogP contribution in [0.15, 0.2) is 96.2 Å². The lowest BCUT2D eigenvalue weighted by atomic mass is 9.53. The topological polar surface area (TPSA) is 12.0 Å². The first-order valence-electron chi connectivity index (χ1n) is 10.1. The van der Waals surface area contributed by atoms with E-state index in [-0.39, 0.29) is 10.8 Å². The molecule has 0 bridgehead atoms. The number of rotatable bonds is 0. The van der Waals surface area contributed by atoms with Gasteiger partial charge in [-0.05, 0) is 52.0 Å². The predicted molar refractivity (Wildman–Crippen MR) is 116 cm³/mol. The van der Waals surface area contributed by atoms with Gasteiger partial charge in [0, 0.05) is 16.8 Å². The molecule has 1 aliphatic heterocycles. The number of nitrogens with one attached hydrogen (secondary N) is 1. The van der Waals surface area contributed by atoms with Crippen molar-refractivity contribution in [2.24, 2.45) is 0 Å². The van der Waals surface area contributed by atoms with E-state index in [0.717, 1.165) is 6.42 Å². The third kappa shape index (κ3) is 1.73. The fourth-order valence-electron chi connectivity index (χ4n) is 5.82. The van der Waals surface area contributed by atoms with Gasteiger partial charge in [-0.3, -0.25) is 0 Å². The third-order valence-electron chi connectivity index (χ3n) is 6.99. The van der Waals surface area contributed by atoms with E-state index >= 15 is 0 Å². The zero-order chi connectivity index (χ0) is 18.9. The largest absolute Gasteiger partial charge is 0.355 e. The highest BCUT2D eigenvalue weighted by molar-refractivity contribution is 5.79. The average molecular weight is 361 g/mol. The van der Waals surface area contributed by atoms with Gasteiger partial charge in [0.15, 0.2) is 0 Å². The Balaban J connectivity index is 1.85. The molecule has 0 amide bonds.